The van der Waals surface area contributed by atoms with Gasteiger partial charge in [0.25, 0.3) is 0 Å². The number of halogens is 3. The first-order valence-electron chi connectivity index (χ1n) is 9.84. The summed E-state index contributed by atoms with van der Waals surface area (Å²) in [4.78, 5) is 0. The van der Waals surface area contributed by atoms with E-state index in [0.29, 0.717) is 6.42 Å². The van der Waals surface area contributed by atoms with E-state index in [4.69, 9.17) is 5.11 Å². The monoisotopic (exact) mass is 390 g/mol. The third kappa shape index (κ3) is 3.76. The Hall–Kier alpha value is -2.05. The summed E-state index contributed by atoms with van der Waals surface area (Å²) < 4.78 is 39.8. The SMILES string of the molecule is OCCCN[C@H]1CC2c3cc(C(F)(F)F)ccc3NC(c3ccccc3)[C@@H]2C1. The van der Waals surface area contributed by atoms with Gasteiger partial charge in [-0.3, -0.25) is 0 Å². The van der Waals surface area contributed by atoms with Gasteiger partial charge in [0.1, 0.15) is 0 Å². The van der Waals surface area contributed by atoms with E-state index >= 15 is 0 Å². The molecule has 4 rings (SSSR count). The zero-order valence-corrected chi connectivity index (χ0v) is 15.5. The van der Waals surface area contributed by atoms with Crippen LogP contribution in [0.5, 0.6) is 0 Å². The lowest BCUT2D eigenvalue weighted by molar-refractivity contribution is -0.137. The van der Waals surface area contributed by atoms with Crippen molar-refractivity contribution in [2.24, 2.45) is 5.92 Å². The molecule has 3 nitrogen and oxygen atoms in total. The van der Waals surface area contributed by atoms with Crippen LogP contribution < -0.4 is 10.6 Å². The number of anilines is 1. The van der Waals surface area contributed by atoms with Crippen LogP contribution in [0.15, 0.2) is 48.5 Å². The Morgan fingerprint density at radius 1 is 1.07 bits per heavy atom. The quantitative estimate of drug-likeness (QED) is 0.648. The summed E-state index contributed by atoms with van der Waals surface area (Å²) in [7, 11) is 0. The minimum atomic E-state index is -4.34. The van der Waals surface area contributed by atoms with Gasteiger partial charge in [0.2, 0.25) is 0 Å². The summed E-state index contributed by atoms with van der Waals surface area (Å²) in [6.45, 7) is 0.859. The van der Waals surface area contributed by atoms with E-state index in [-0.39, 0.29) is 30.5 Å². The molecule has 0 aromatic heterocycles. The summed E-state index contributed by atoms with van der Waals surface area (Å²) in [6, 6.07) is 14.5. The van der Waals surface area contributed by atoms with Crippen molar-refractivity contribution < 1.29 is 18.3 Å². The average Bonchev–Trinajstić information content (AvgIpc) is 3.11. The van der Waals surface area contributed by atoms with Crippen molar-refractivity contribution >= 4 is 5.69 Å². The van der Waals surface area contributed by atoms with Gasteiger partial charge in [0.05, 0.1) is 11.6 Å². The average molecular weight is 390 g/mol. The van der Waals surface area contributed by atoms with Crippen LogP contribution in [-0.4, -0.2) is 24.3 Å². The van der Waals surface area contributed by atoms with E-state index in [1.54, 1.807) is 6.07 Å². The lowest BCUT2D eigenvalue weighted by atomic mass is 9.77. The molecule has 0 saturated heterocycles. The van der Waals surface area contributed by atoms with Crippen molar-refractivity contribution in [3.63, 3.8) is 0 Å². The van der Waals surface area contributed by atoms with E-state index < -0.39 is 11.7 Å². The third-order valence-electron chi connectivity index (χ3n) is 6.06. The molecule has 28 heavy (non-hydrogen) atoms. The molecule has 3 N–H and O–H groups in total. The second-order valence-electron chi connectivity index (χ2n) is 7.80. The number of hydrogen-bond acceptors (Lipinski definition) is 3. The van der Waals surface area contributed by atoms with E-state index in [2.05, 4.69) is 22.8 Å². The Labute approximate surface area is 163 Å². The molecular formula is C22H25F3N2O. The first kappa shape index (κ1) is 19.3. The highest BCUT2D eigenvalue weighted by Crippen LogP contribution is 2.53. The van der Waals surface area contributed by atoms with Crippen LogP contribution in [0, 0.1) is 5.92 Å². The Morgan fingerprint density at radius 3 is 2.57 bits per heavy atom. The molecule has 1 saturated carbocycles. The fraction of sp³-hybridized carbons (Fsp3) is 0.455. The smallest absolute Gasteiger partial charge is 0.396 e. The zero-order chi connectivity index (χ0) is 19.7. The van der Waals surface area contributed by atoms with Gasteiger partial charge < -0.3 is 15.7 Å². The Balaban J connectivity index is 1.67. The normalized spacial score (nSPS) is 26.4. The molecule has 0 radical (unpaired) electrons. The van der Waals surface area contributed by atoms with Gasteiger partial charge in [-0.05, 0) is 67.0 Å². The standard InChI is InChI=1S/C22H25F3N2O/c23-22(24,25)15-7-8-20-18(11-15)17-12-16(26-9-4-10-28)13-19(17)21(27-20)14-5-2-1-3-6-14/h1-3,5-8,11,16-17,19,21,26-28H,4,9-10,12-13H2/t16-,17?,19+,21?/m0/s1. The summed E-state index contributed by atoms with van der Waals surface area (Å²) >= 11 is 0. The largest absolute Gasteiger partial charge is 0.416 e. The van der Waals surface area contributed by atoms with Crippen LogP contribution in [0.2, 0.25) is 0 Å². The topological polar surface area (TPSA) is 44.3 Å². The molecule has 2 aromatic rings. The zero-order valence-electron chi connectivity index (χ0n) is 15.5. The predicted molar refractivity (Wildman–Crippen MR) is 103 cm³/mol. The maximum absolute atomic E-state index is 13.3. The molecule has 1 heterocycles. The fourth-order valence-corrected chi connectivity index (χ4v) is 4.79. The maximum Gasteiger partial charge on any atom is 0.416 e. The highest BCUT2D eigenvalue weighted by atomic mass is 19.4. The molecule has 6 heteroatoms. The molecule has 1 fully saturated rings. The van der Waals surface area contributed by atoms with Gasteiger partial charge in [0, 0.05) is 18.3 Å². The minimum Gasteiger partial charge on any atom is -0.396 e. The van der Waals surface area contributed by atoms with Gasteiger partial charge in [-0.1, -0.05) is 30.3 Å². The van der Waals surface area contributed by atoms with Crippen molar-refractivity contribution in [3.05, 3.63) is 65.2 Å². The second-order valence-corrected chi connectivity index (χ2v) is 7.80. The molecule has 4 atom stereocenters. The first-order chi connectivity index (χ1) is 13.5. The molecule has 1 aliphatic heterocycles. The molecule has 2 aliphatic rings. The van der Waals surface area contributed by atoms with Crippen LogP contribution >= 0.6 is 0 Å². The fourth-order valence-electron chi connectivity index (χ4n) is 4.79. The Kier molecular flexibility index (Phi) is 5.34. The number of nitrogens with one attached hydrogen (secondary N) is 2. The highest BCUT2D eigenvalue weighted by molar-refractivity contribution is 5.59. The van der Waals surface area contributed by atoms with E-state index in [1.807, 2.05) is 18.2 Å². The molecule has 0 spiro atoms. The van der Waals surface area contributed by atoms with Gasteiger partial charge in [0.15, 0.2) is 0 Å². The molecule has 2 unspecified atom stereocenters. The predicted octanol–water partition coefficient (Wildman–Crippen LogP) is 4.71. The van der Waals surface area contributed by atoms with Crippen LogP contribution in [0.4, 0.5) is 18.9 Å². The number of fused-ring (bicyclic) bond motifs is 3. The number of rotatable bonds is 5. The summed E-state index contributed by atoms with van der Waals surface area (Å²) in [5, 5.41) is 16.0. The lowest BCUT2D eigenvalue weighted by Gasteiger charge is -2.38. The summed E-state index contributed by atoms with van der Waals surface area (Å²) in [5.41, 5.74) is 2.17. The number of benzene rings is 2. The second kappa shape index (κ2) is 7.76. The van der Waals surface area contributed by atoms with Gasteiger partial charge in [-0.25, -0.2) is 0 Å². The molecule has 0 bridgehead atoms. The molecule has 2 aromatic carbocycles. The van der Waals surface area contributed by atoms with Crippen LogP contribution in [0.1, 0.15) is 47.9 Å². The van der Waals surface area contributed by atoms with E-state index in [1.165, 1.54) is 17.7 Å². The molecule has 150 valence electrons. The highest BCUT2D eigenvalue weighted by Gasteiger charge is 2.45. The van der Waals surface area contributed by atoms with Crippen LogP contribution in [-0.2, 0) is 6.18 Å². The van der Waals surface area contributed by atoms with Crippen molar-refractivity contribution in [2.75, 3.05) is 18.5 Å². The lowest BCUT2D eigenvalue weighted by Crippen LogP contribution is -2.30. The third-order valence-corrected chi connectivity index (χ3v) is 6.06. The number of alkyl halides is 3. The van der Waals surface area contributed by atoms with Gasteiger partial charge in [-0.15, -0.1) is 0 Å². The Morgan fingerprint density at radius 2 is 1.86 bits per heavy atom. The van der Waals surface area contributed by atoms with Crippen molar-refractivity contribution in [3.8, 4) is 0 Å². The summed E-state index contributed by atoms with van der Waals surface area (Å²) in [5.74, 6) is 0.306. The Bertz CT molecular complexity index is 809. The van der Waals surface area contributed by atoms with Crippen LogP contribution in [0.3, 0.4) is 0 Å². The number of hydrogen-bond donors (Lipinski definition) is 3. The van der Waals surface area contributed by atoms with Crippen LogP contribution in [0.25, 0.3) is 0 Å². The first-order valence-corrected chi connectivity index (χ1v) is 9.84. The summed E-state index contributed by atoms with van der Waals surface area (Å²) in [6.07, 6.45) is -1.94. The van der Waals surface area contributed by atoms with Gasteiger partial charge in [-0.2, -0.15) is 13.2 Å². The number of aliphatic hydroxyl groups is 1. The van der Waals surface area contributed by atoms with E-state index in [9.17, 15) is 13.2 Å². The van der Waals surface area contributed by atoms with Crippen molar-refractivity contribution in [1.29, 1.82) is 0 Å². The molecular weight excluding hydrogens is 365 g/mol. The molecule has 0 amide bonds. The minimum absolute atomic E-state index is 0.0791. The maximum atomic E-state index is 13.3. The van der Waals surface area contributed by atoms with Crippen molar-refractivity contribution in [1.82, 2.24) is 5.32 Å². The van der Waals surface area contributed by atoms with Gasteiger partial charge >= 0.3 is 6.18 Å². The number of aliphatic hydroxyl groups excluding tert-OH is 1. The van der Waals surface area contributed by atoms with Crippen molar-refractivity contribution in [2.45, 2.75) is 43.4 Å². The van der Waals surface area contributed by atoms with E-state index in [0.717, 1.165) is 30.6 Å². The molecule has 1 aliphatic carbocycles.